The number of aliphatic hydroxyl groups excluding tert-OH is 1. The van der Waals surface area contributed by atoms with Gasteiger partial charge in [-0.15, -0.1) is 0 Å². The second-order valence-electron chi connectivity index (χ2n) is 8.22. The maximum atomic E-state index is 13.4. The predicted molar refractivity (Wildman–Crippen MR) is 127 cm³/mol. The van der Waals surface area contributed by atoms with Gasteiger partial charge in [-0.3, -0.25) is 0 Å². The van der Waals surface area contributed by atoms with Crippen LogP contribution in [-0.2, 0) is 6.42 Å². The summed E-state index contributed by atoms with van der Waals surface area (Å²) in [6, 6.07) is 14.7. The van der Waals surface area contributed by atoms with E-state index in [1.165, 1.54) is 24.3 Å². The molecule has 0 saturated heterocycles. The highest BCUT2D eigenvalue weighted by Gasteiger charge is 2.44. The zero-order chi connectivity index (χ0) is 28.1. The lowest BCUT2D eigenvalue weighted by Gasteiger charge is -2.24. The Kier molecular flexibility index (Phi) is 9.50. The van der Waals surface area contributed by atoms with Gasteiger partial charge in [-0.1, -0.05) is 42.8 Å². The fourth-order valence-corrected chi connectivity index (χ4v) is 3.76. The molecule has 0 aliphatic rings. The van der Waals surface area contributed by atoms with Gasteiger partial charge in [0.1, 0.15) is 17.2 Å². The van der Waals surface area contributed by atoms with E-state index in [1.807, 2.05) is 6.92 Å². The number of benzene rings is 3. The molecule has 4 nitrogen and oxygen atoms in total. The Morgan fingerprint density at radius 2 is 1.45 bits per heavy atom. The number of alkyl halides is 7. The smallest absolute Gasteiger partial charge is 0.457 e. The molecule has 3 aromatic rings. The standard InChI is InChI=1S/C26H23ClF7NO3/c1-2-15-11-19(9-10-21(15)27)37-18-7-3-5-16(12-18)23(35-14-22(36)25(30,31)32)17-6-4-8-20(13-17)38-26(33,34)24(28)29/h3-13,22-24,35-36H,2,14H2,1H3/t22-,23?/m1/s1. The normalized spacial score (nSPS) is 13.9. The van der Waals surface area contributed by atoms with Crippen molar-refractivity contribution in [2.75, 3.05) is 6.54 Å². The molecule has 0 radical (unpaired) electrons. The molecule has 2 N–H and O–H groups in total. The van der Waals surface area contributed by atoms with E-state index in [-0.39, 0.29) is 5.56 Å². The summed E-state index contributed by atoms with van der Waals surface area (Å²) in [6.07, 6.45) is -15.9. The fraction of sp³-hybridized carbons (Fsp3) is 0.308. The summed E-state index contributed by atoms with van der Waals surface area (Å²) in [5, 5.41) is 12.6. The predicted octanol–water partition coefficient (Wildman–Crippen LogP) is 7.53. The van der Waals surface area contributed by atoms with Crippen LogP contribution in [0.2, 0.25) is 5.02 Å². The molecule has 12 heteroatoms. The van der Waals surface area contributed by atoms with Gasteiger partial charge in [-0.2, -0.15) is 30.7 Å². The first-order chi connectivity index (χ1) is 17.8. The topological polar surface area (TPSA) is 50.7 Å². The van der Waals surface area contributed by atoms with Gasteiger partial charge in [-0.25, -0.2) is 0 Å². The first kappa shape index (κ1) is 29.5. The molecular weight excluding hydrogens is 543 g/mol. The first-order valence-corrected chi connectivity index (χ1v) is 11.7. The molecule has 0 heterocycles. The monoisotopic (exact) mass is 565 g/mol. The van der Waals surface area contributed by atoms with Crippen LogP contribution in [0.25, 0.3) is 0 Å². The van der Waals surface area contributed by atoms with Crippen molar-refractivity contribution in [3.05, 3.63) is 88.4 Å². The molecule has 0 aromatic heterocycles. The summed E-state index contributed by atoms with van der Waals surface area (Å²) in [6.45, 7) is 0.959. The Balaban J connectivity index is 1.95. The van der Waals surface area contributed by atoms with Crippen LogP contribution in [0.4, 0.5) is 30.7 Å². The van der Waals surface area contributed by atoms with Crippen molar-refractivity contribution in [3.8, 4) is 17.2 Å². The summed E-state index contributed by atoms with van der Waals surface area (Å²) < 4.78 is 101. The van der Waals surface area contributed by atoms with Crippen molar-refractivity contribution in [2.24, 2.45) is 0 Å². The number of nitrogens with one attached hydrogen (secondary N) is 1. The molecule has 0 aliphatic heterocycles. The van der Waals surface area contributed by atoms with Crippen molar-refractivity contribution in [1.29, 1.82) is 0 Å². The molecule has 1 unspecified atom stereocenters. The van der Waals surface area contributed by atoms with Crippen LogP contribution in [0.5, 0.6) is 17.2 Å². The summed E-state index contributed by atoms with van der Waals surface area (Å²) in [7, 11) is 0. The minimum Gasteiger partial charge on any atom is -0.457 e. The van der Waals surface area contributed by atoms with E-state index in [0.717, 1.165) is 17.7 Å². The lowest BCUT2D eigenvalue weighted by Crippen LogP contribution is -2.40. The second-order valence-corrected chi connectivity index (χ2v) is 8.62. The summed E-state index contributed by atoms with van der Waals surface area (Å²) >= 11 is 6.13. The highest BCUT2D eigenvalue weighted by atomic mass is 35.5. The van der Waals surface area contributed by atoms with Gasteiger partial charge in [0, 0.05) is 11.6 Å². The van der Waals surface area contributed by atoms with Crippen LogP contribution >= 0.6 is 11.6 Å². The van der Waals surface area contributed by atoms with Crippen LogP contribution in [0.15, 0.2) is 66.7 Å². The number of ether oxygens (including phenoxy) is 2. The second kappa shape index (κ2) is 12.2. The molecule has 0 bridgehead atoms. The summed E-state index contributed by atoms with van der Waals surface area (Å²) in [5.41, 5.74) is 1.27. The highest BCUT2D eigenvalue weighted by molar-refractivity contribution is 6.31. The van der Waals surface area contributed by atoms with Gasteiger partial charge in [0.05, 0.1) is 6.04 Å². The number of aliphatic hydroxyl groups is 1. The minimum absolute atomic E-state index is 0.110. The van der Waals surface area contributed by atoms with Gasteiger partial charge in [0.15, 0.2) is 6.10 Å². The maximum absolute atomic E-state index is 13.4. The lowest BCUT2D eigenvalue weighted by atomic mass is 9.98. The minimum atomic E-state index is -4.92. The van der Waals surface area contributed by atoms with Crippen LogP contribution in [0.3, 0.4) is 0 Å². The zero-order valence-corrected chi connectivity index (χ0v) is 20.5. The largest absolute Gasteiger partial charge is 0.461 e. The van der Waals surface area contributed by atoms with Gasteiger partial charge in [0.2, 0.25) is 0 Å². The molecule has 0 spiro atoms. The molecule has 3 rings (SSSR count). The maximum Gasteiger partial charge on any atom is 0.461 e. The number of halogens is 8. The van der Waals surface area contributed by atoms with E-state index in [2.05, 4.69) is 10.1 Å². The molecule has 3 aromatic carbocycles. The quantitative estimate of drug-likeness (QED) is 0.236. The van der Waals surface area contributed by atoms with E-state index < -0.39 is 43.2 Å². The lowest BCUT2D eigenvalue weighted by molar-refractivity contribution is -0.253. The number of hydrogen-bond acceptors (Lipinski definition) is 4. The van der Waals surface area contributed by atoms with Crippen molar-refractivity contribution in [3.63, 3.8) is 0 Å². The molecule has 0 fully saturated rings. The van der Waals surface area contributed by atoms with Gasteiger partial charge < -0.3 is 19.9 Å². The van der Waals surface area contributed by atoms with Crippen molar-refractivity contribution >= 4 is 11.6 Å². The molecule has 0 aliphatic carbocycles. The fourth-order valence-electron chi connectivity index (χ4n) is 3.51. The summed E-state index contributed by atoms with van der Waals surface area (Å²) in [4.78, 5) is 0. The van der Waals surface area contributed by atoms with Crippen molar-refractivity contribution in [1.82, 2.24) is 5.32 Å². The summed E-state index contributed by atoms with van der Waals surface area (Å²) in [5.74, 6) is 0.119. The van der Waals surface area contributed by atoms with E-state index in [9.17, 15) is 35.8 Å². The third kappa shape index (κ3) is 7.75. The molecule has 38 heavy (non-hydrogen) atoms. The first-order valence-electron chi connectivity index (χ1n) is 11.3. The Hall–Kier alpha value is -3.02. The van der Waals surface area contributed by atoms with Crippen LogP contribution in [-0.4, -0.2) is 36.5 Å². The SMILES string of the molecule is CCc1cc(Oc2cccc(C(NC[C@@H](O)C(F)(F)F)c3cccc(OC(F)(F)C(F)F)c3)c2)ccc1Cl. The van der Waals surface area contributed by atoms with Gasteiger partial charge >= 0.3 is 18.7 Å². The average Bonchev–Trinajstić information content (AvgIpc) is 2.85. The number of rotatable bonds is 11. The molecule has 206 valence electrons. The van der Waals surface area contributed by atoms with Crippen LogP contribution < -0.4 is 14.8 Å². The van der Waals surface area contributed by atoms with E-state index in [1.54, 1.807) is 30.3 Å². The van der Waals surface area contributed by atoms with Crippen LogP contribution in [0, 0.1) is 0 Å². The third-order valence-electron chi connectivity index (χ3n) is 5.42. The Labute approximate surface area is 218 Å². The molecular formula is C26H23ClF7NO3. The van der Waals surface area contributed by atoms with Crippen molar-refractivity contribution in [2.45, 2.75) is 44.2 Å². The average molecular weight is 566 g/mol. The highest BCUT2D eigenvalue weighted by Crippen LogP contribution is 2.33. The zero-order valence-electron chi connectivity index (χ0n) is 19.8. The van der Waals surface area contributed by atoms with E-state index in [4.69, 9.17) is 16.3 Å². The van der Waals surface area contributed by atoms with E-state index in [0.29, 0.717) is 28.5 Å². The third-order valence-corrected chi connectivity index (χ3v) is 5.79. The Morgan fingerprint density at radius 3 is 2.03 bits per heavy atom. The molecule has 0 saturated carbocycles. The van der Waals surface area contributed by atoms with Gasteiger partial charge in [0.25, 0.3) is 0 Å². The number of aryl methyl sites for hydroxylation is 1. The van der Waals surface area contributed by atoms with Crippen molar-refractivity contribution < 1.29 is 45.3 Å². The Bertz CT molecular complexity index is 1220. The molecule has 2 atom stereocenters. The molecule has 0 amide bonds. The van der Waals surface area contributed by atoms with Crippen LogP contribution in [0.1, 0.15) is 29.7 Å². The Morgan fingerprint density at radius 1 is 0.868 bits per heavy atom. The van der Waals surface area contributed by atoms with E-state index >= 15 is 0 Å². The number of hydrogen-bond donors (Lipinski definition) is 2. The van der Waals surface area contributed by atoms with Gasteiger partial charge in [-0.05, 0) is 65.6 Å².